The summed E-state index contributed by atoms with van der Waals surface area (Å²) in [5.74, 6) is 0.855. The number of ether oxygens (including phenoxy) is 2. The van der Waals surface area contributed by atoms with Gasteiger partial charge in [-0.05, 0) is 91.1 Å². The van der Waals surface area contributed by atoms with Crippen molar-refractivity contribution in [2.45, 2.75) is 51.7 Å². The molecule has 6 heteroatoms. The molecule has 3 heterocycles. The Hall–Kier alpha value is -2.60. The first-order chi connectivity index (χ1) is 15.8. The SMILES string of the molecule is COc1cccc(-c2cc3c(cc2F)[C@H](NC(=O)O[C@H]2CN4CCC2CC4)C(C)(C)CC3)c1. The maximum atomic E-state index is 15.3. The minimum Gasteiger partial charge on any atom is -0.497 e. The Kier molecular flexibility index (Phi) is 5.81. The van der Waals surface area contributed by atoms with E-state index in [-0.39, 0.29) is 23.4 Å². The Balaban J connectivity index is 1.39. The highest BCUT2D eigenvalue weighted by Crippen LogP contribution is 2.45. The summed E-state index contributed by atoms with van der Waals surface area (Å²) in [5.41, 5.74) is 3.06. The number of benzene rings is 2. The van der Waals surface area contributed by atoms with Crippen LogP contribution in [0.1, 0.15) is 50.3 Å². The zero-order chi connectivity index (χ0) is 23.2. The highest BCUT2D eigenvalue weighted by atomic mass is 19.1. The standard InChI is InChI=1S/C27H33FN2O3/c1-27(2)10-7-19-14-21(18-5-4-6-20(13-18)32-3)23(28)15-22(19)25(27)29-26(31)33-24-16-30-11-8-17(24)9-12-30/h4-6,13-15,17,24-25H,7-12,16H2,1-3H3,(H,29,31)/t24-,25-/m0/s1. The molecule has 0 radical (unpaired) electrons. The smallest absolute Gasteiger partial charge is 0.407 e. The first-order valence-corrected chi connectivity index (χ1v) is 12.0. The van der Waals surface area contributed by atoms with Crippen LogP contribution in [-0.2, 0) is 11.2 Å². The van der Waals surface area contributed by atoms with Crippen LogP contribution in [0.3, 0.4) is 0 Å². The Morgan fingerprint density at radius 1 is 1.18 bits per heavy atom. The van der Waals surface area contributed by atoms with Crippen molar-refractivity contribution in [1.29, 1.82) is 0 Å². The number of nitrogens with zero attached hydrogens (tertiary/aromatic N) is 1. The van der Waals surface area contributed by atoms with Crippen LogP contribution in [0.25, 0.3) is 11.1 Å². The molecule has 2 aromatic carbocycles. The van der Waals surface area contributed by atoms with Crippen molar-refractivity contribution in [2.75, 3.05) is 26.7 Å². The summed E-state index contributed by atoms with van der Waals surface area (Å²) in [7, 11) is 1.61. The number of rotatable bonds is 4. The Morgan fingerprint density at radius 2 is 1.97 bits per heavy atom. The van der Waals surface area contributed by atoms with Crippen LogP contribution >= 0.6 is 0 Å². The maximum Gasteiger partial charge on any atom is 0.407 e. The van der Waals surface area contributed by atoms with Crippen LogP contribution in [0.4, 0.5) is 9.18 Å². The predicted octanol–water partition coefficient (Wildman–Crippen LogP) is 5.34. The maximum absolute atomic E-state index is 15.3. The highest BCUT2D eigenvalue weighted by molar-refractivity contribution is 5.70. The van der Waals surface area contributed by atoms with Crippen molar-refractivity contribution in [3.8, 4) is 16.9 Å². The van der Waals surface area contributed by atoms with Gasteiger partial charge in [0.25, 0.3) is 0 Å². The van der Waals surface area contributed by atoms with Gasteiger partial charge in [-0.1, -0.05) is 26.0 Å². The van der Waals surface area contributed by atoms with Crippen molar-refractivity contribution >= 4 is 6.09 Å². The largest absolute Gasteiger partial charge is 0.497 e. The highest BCUT2D eigenvalue weighted by Gasteiger charge is 2.40. The third-order valence-corrected chi connectivity index (χ3v) is 7.86. The second-order valence-corrected chi connectivity index (χ2v) is 10.4. The molecule has 1 amide bonds. The van der Waals surface area contributed by atoms with Crippen molar-refractivity contribution < 1.29 is 18.7 Å². The molecule has 176 valence electrons. The summed E-state index contributed by atoms with van der Waals surface area (Å²) in [4.78, 5) is 15.3. The minimum absolute atomic E-state index is 0.0501. The van der Waals surface area contributed by atoms with Gasteiger partial charge in [-0.25, -0.2) is 9.18 Å². The van der Waals surface area contributed by atoms with E-state index in [0.29, 0.717) is 17.2 Å². The second-order valence-electron chi connectivity index (χ2n) is 10.4. The number of carbonyl (C=O) groups excluding carboxylic acids is 1. The van der Waals surface area contributed by atoms with E-state index in [1.54, 1.807) is 13.2 Å². The van der Waals surface area contributed by atoms with Gasteiger partial charge >= 0.3 is 6.09 Å². The van der Waals surface area contributed by atoms with Crippen molar-refractivity contribution in [3.05, 3.63) is 53.3 Å². The fraction of sp³-hybridized carbons (Fsp3) is 0.519. The molecule has 3 fully saturated rings. The lowest BCUT2D eigenvalue weighted by Gasteiger charge is -2.44. The average Bonchev–Trinajstić information content (AvgIpc) is 2.81. The van der Waals surface area contributed by atoms with E-state index in [9.17, 15) is 4.79 Å². The molecule has 3 saturated heterocycles. The van der Waals surface area contributed by atoms with Gasteiger partial charge in [0.05, 0.1) is 13.2 Å². The number of amides is 1. The molecule has 3 aliphatic heterocycles. The molecular weight excluding hydrogens is 419 g/mol. The molecule has 0 unspecified atom stereocenters. The minimum atomic E-state index is -0.392. The quantitative estimate of drug-likeness (QED) is 0.681. The second kappa shape index (κ2) is 8.64. The molecule has 1 N–H and O–H groups in total. The van der Waals surface area contributed by atoms with Gasteiger partial charge in [-0.15, -0.1) is 0 Å². The van der Waals surface area contributed by atoms with Crippen LogP contribution in [0, 0.1) is 17.2 Å². The molecule has 0 spiro atoms. The van der Waals surface area contributed by atoms with Gasteiger partial charge in [0.2, 0.25) is 0 Å². The molecule has 33 heavy (non-hydrogen) atoms. The average molecular weight is 453 g/mol. The van der Waals surface area contributed by atoms with Gasteiger partial charge < -0.3 is 14.8 Å². The zero-order valence-corrected chi connectivity index (χ0v) is 19.7. The number of aryl methyl sites for hydroxylation is 1. The summed E-state index contributed by atoms with van der Waals surface area (Å²) in [6, 6.07) is 10.7. The Labute approximate surface area is 195 Å². The lowest BCUT2D eigenvalue weighted by Crippen LogP contribution is -2.53. The summed E-state index contributed by atoms with van der Waals surface area (Å²) in [6.07, 6.45) is 3.48. The number of fused-ring (bicyclic) bond motifs is 4. The van der Waals surface area contributed by atoms with Gasteiger partial charge in [0.1, 0.15) is 17.7 Å². The predicted molar refractivity (Wildman–Crippen MR) is 126 cm³/mol. The van der Waals surface area contributed by atoms with E-state index in [1.807, 2.05) is 30.3 Å². The number of carbonyl (C=O) groups is 1. The fourth-order valence-corrected chi connectivity index (χ4v) is 5.76. The molecule has 0 aromatic heterocycles. The third kappa shape index (κ3) is 4.33. The van der Waals surface area contributed by atoms with Crippen LogP contribution in [0.5, 0.6) is 5.75 Å². The molecule has 4 aliphatic rings. The summed E-state index contributed by atoms with van der Waals surface area (Å²) < 4.78 is 26.5. The van der Waals surface area contributed by atoms with Crippen LogP contribution in [-0.4, -0.2) is 43.8 Å². The summed E-state index contributed by atoms with van der Waals surface area (Å²) in [6.45, 7) is 7.28. The molecule has 5 nitrogen and oxygen atoms in total. The molecule has 6 rings (SSSR count). The number of piperidine rings is 3. The number of halogens is 1. The molecule has 1 aliphatic carbocycles. The van der Waals surface area contributed by atoms with E-state index < -0.39 is 6.09 Å². The van der Waals surface area contributed by atoms with Crippen molar-refractivity contribution in [2.24, 2.45) is 11.3 Å². The first-order valence-electron chi connectivity index (χ1n) is 12.0. The van der Waals surface area contributed by atoms with Crippen LogP contribution < -0.4 is 10.1 Å². The fourth-order valence-electron chi connectivity index (χ4n) is 5.76. The van der Waals surface area contributed by atoms with Gasteiger partial charge in [-0.2, -0.15) is 0 Å². The van der Waals surface area contributed by atoms with E-state index in [2.05, 4.69) is 24.1 Å². The third-order valence-electron chi connectivity index (χ3n) is 7.86. The lowest BCUT2D eigenvalue weighted by atomic mass is 9.70. The number of hydrogen-bond acceptors (Lipinski definition) is 4. The number of methoxy groups -OCH3 is 1. The Morgan fingerprint density at radius 3 is 2.67 bits per heavy atom. The van der Waals surface area contributed by atoms with E-state index in [0.717, 1.165) is 62.0 Å². The van der Waals surface area contributed by atoms with E-state index in [4.69, 9.17) is 9.47 Å². The topological polar surface area (TPSA) is 50.8 Å². The number of hydrogen-bond donors (Lipinski definition) is 1. The van der Waals surface area contributed by atoms with E-state index >= 15 is 4.39 Å². The summed E-state index contributed by atoms with van der Waals surface area (Å²) >= 11 is 0. The molecule has 0 saturated carbocycles. The number of alkyl carbamates (subject to hydrolysis) is 1. The van der Waals surface area contributed by atoms with Crippen LogP contribution in [0.15, 0.2) is 36.4 Å². The van der Waals surface area contributed by atoms with Crippen molar-refractivity contribution in [1.82, 2.24) is 10.2 Å². The molecule has 2 aromatic rings. The van der Waals surface area contributed by atoms with E-state index in [1.165, 1.54) is 0 Å². The summed E-state index contributed by atoms with van der Waals surface area (Å²) in [5, 5.41) is 3.11. The zero-order valence-electron chi connectivity index (χ0n) is 19.7. The first kappa shape index (κ1) is 22.2. The van der Waals surface area contributed by atoms with Crippen molar-refractivity contribution in [3.63, 3.8) is 0 Å². The number of nitrogens with one attached hydrogen (secondary N) is 1. The molecule has 2 bridgehead atoms. The monoisotopic (exact) mass is 452 g/mol. The van der Waals surface area contributed by atoms with Gasteiger partial charge in [0, 0.05) is 12.1 Å². The molecule has 2 atom stereocenters. The van der Waals surface area contributed by atoms with Gasteiger partial charge in [-0.3, -0.25) is 4.90 Å². The molecular formula is C27H33FN2O3. The van der Waals surface area contributed by atoms with Crippen LogP contribution in [0.2, 0.25) is 0 Å². The Bertz CT molecular complexity index is 1050. The normalized spacial score (nSPS) is 27.5. The lowest BCUT2D eigenvalue weighted by molar-refractivity contribution is -0.0353. The van der Waals surface area contributed by atoms with Gasteiger partial charge in [0.15, 0.2) is 0 Å².